The number of rotatable bonds is 2. The summed E-state index contributed by atoms with van der Waals surface area (Å²) >= 11 is 0. The molecular weight excluding hydrogens is 220 g/mol. The van der Waals surface area contributed by atoms with Crippen LogP contribution in [0.4, 0.5) is 11.4 Å². The highest BCUT2D eigenvalue weighted by Gasteiger charge is 2.37. The quantitative estimate of drug-likeness (QED) is 0.600. The fraction of sp³-hybridized carbons (Fsp3) is 0.545. The lowest BCUT2D eigenvalue weighted by atomic mass is 10.0. The summed E-state index contributed by atoms with van der Waals surface area (Å²) in [6.07, 6.45) is 2.95. The van der Waals surface area contributed by atoms with Gasteiger partial charge >= 0.3 is 5.69 Å². The third kappa shape index (κ3) is 1.74. The van der Waals surface area contributed by atoms with Crippen molar-refractivity contribution in [2.24, 2.45) is 11.8 Å². The zero-order valence-electron chi connectivity index (χ0n) is 9.37. The van der Waals surface area contributed by atoms with Gasteiger partial charge in [-0.25, -0.2) is 0 Å². The number of nitrogens with one attached hydrogen (secondary N) is 1. The summed E-state index contributed by atoms with van der Waals surface area (Å²) in [7, 11) is 0. The van der Waals surface area contributed by atoms with Gasteiger partial charge in [0.1, 0.15) is 11.9 Å². The van der Waals surface area contributed by atoms with E-state index in [1.165, 1.54) is 6.20 Å². The second kappa shape index (κ2) is 3.96. The Morgan fingerprint density at radius 3 is 2.76 bits per heavy atom. The molecule has 0 unspecified atom stereocenters. The van der Waals surface area contributed by atoms with Crippen LogP contribution in [0.25, 0.3) is 0 Å². The topological polar surface area (TPSA) is 71.3 Å². The van der Waals surface area contributed by atoms with E-state index in [0.717, 1.165) is 26.2 Å². The monoisotopic (exact) mass is 234 g/mol. The molecule has 3 rings (SSSR count). The van der Waals surface area contributed by atoms with Crippen LogP contribution in [0.1, 0.15) is 0 Å². The Morgan fingerprint density at radius 1 is 1.41 bits per heavy atom. The SMILES string of the molecule is O=[N+]([O-])c1cnccc1N1C[C@H]2CNC[C@H]2C1. The normalized spacial score (nSPS) is 27.2. The Bertz CT molecular complexity index is 439. The van der Waals surface area contributed by atoms with Gasteiger partial charge in [-0.15, -0.1) is 0 Å². The van der Waals surface area contributed by atoms with Crippen molar-refractivity contribution in [1.82, 2.24) is 10.3 Å². The first-order chi connectivity index (χ1) is 8.25. The third-order valence-corrected chi connectivity index (χ3v) is 3.70. The van der Waals surface area contributed by atoms with Crippen LogP contribution in [0.5, 0.6) is 0 Å². The minimum Gasteiger partial charge on any atom is -0.365 e. The van der Waals surface area contributed by atoms with Crippen LogP contribution in [0.3, 0.4) is 0 Å². The molecule has 0 bridgehead atoms. The maximum absolute atomic E-state index is 11.0. The summed E-state index contributed by atoms with van der Waals surface area (Å²) < 4.78 is 0. The molecule has 6 nitrogen and oxygen atoms in total. The van der Waals surface area contributed by atoms with Crippen molar-refractivity contribution >= 4 is 11.4 Å². The van der Waals surface area contributed by atoms with Crippen LogP contribution in [-0.4, -0.2) is 36.1 Å². The van der Waals surface area contributed by atoms with E-state index in [1.807, 2.05) is 0 Å². The predicted molar refractivity (Wildman–Crippen MR) is 63.0 cm³/mol. The molecule has 17 heavy (non-hydrogen) atoms. The molecule has 3 heterocycles. The smallest absolute Gasteiger partial charge is 0.310 e. The van der Waals surface area contributed by atoms with Crippen molar-refractivity contribution in [2.75, 3.05) is 31.1 Å². The van der Waals surface area contributed by atoms with Crippen LogP contribution < -0.4 is 10.2 Å². The van der Waals surface area contributed by atoms with E-state index < -0.39 is 0 Å². The predicted octanol–water partition coefficient (Wildman–Crippen LogP) is 0.645. The Kier molecular flexibility index (Phi) is 2.44. The van der Waals surface area contributed by atoms with Crippen molar-refractivity contribution in [2.45, 2.75) is 0 Å². The van der Waals surface area contributed by atoms with Crippen molar-refractivity contribution in [3.05, 3.63) is 28.6 Å². The van der Waals surface area contributed by atoms with Crippen molar-refractivity contribution in [1.29, 1.82) is 0 Å². The molecule has 0 amide bonds. The van der Waals surface area contributed by atoms with Gasteiger partial charge in [0.2, 0.25) is 0 Å². The van der Waals surface area contributed by atoms with Gasteiger partial charge in [-0.3, -0.25) is 15.1 Å². The molecule has 0 spiro atoms. The number of nitrogens with zero attached hydrogens (tertiary/aromatic N) is 3. The van der Waals surface area contributed by atoms with Gasteiger partial charge in [0, 0.05) is 32.4 Å². The first-order valence-electron chi connectivity index (χ1n) is 5.80. The molecule has 1 aromatic rings. The number of hydrogen-bond donors (Lipinski definition) is 1. The molecule has 0 radical (unpaired) electrons. The van der Waals surface area contributed by atoms with E-state index in [-0.39, 0.29) is 10.6 Å². The van der Waals surface area contributed by atoms with Crippen LogP contribution >= 0.6 is 0 Å². The number of fused-ring (bicyclic) bond motifs is 1. The summed E-state index contributed by atoms with van der Waals surface area (Å²) in [5.74, 6) is 1.26. The molecule has 2 fully saturated rings. The highest BCUT2D eigenvalue weighted by molar-refractivity contribution is 5.62. The Morgan fingerprint density at radius 2 is 2.12 bits per heavy atom. The van der Waals surface area contributed by atoms with E-state index in [2.05, 4.69) is 15.2 Å². The zero-order valence-corrected chi connectivity index (χ0v) is 9.37. The van der Waals surface area contributed by atoms with Gasteiger partial charge in [0.25, 0.3) is 0 Å². The molecule has 2 aliphatic heterocycles. The van der Waals surface area contributed by atoms with Gasteiger partial charge in [-0.05, 0) is 17.9 Å². The molecule has 2 saturated heterocycles. The van der Waals surface area contributed by atoms with E-state index in [4.69, 9.17) is 0 Å². The number of nitro groups is 1. The van der Waals surface area contributed by atoms with Crippen molar-refractivity contribution in [3.63, 3.8) is 0 Å². The Labute approximate surface area is 98.8 Å². The maximum Gasteiger partial charge on any atom is 0.310 e. The molecule has 90 valence electrons. The van der Waals surface area contributed by atoms with Crippen LogP contribution in [0.2, 0.25) is 0 Å². The lowest BCUT2D eigenvalue weighted by molar-refractivity contribution is -0.384. The Hall–Kier alpha value is -1.69. The van der Waals surface area contributed by atoms with Gasteiger partial charge in [-0.2, -0.15) is 0 Å². The summed E-state index contributed by atoms with van der Waals surface area (Å²) in [5.41, 5.74) is 0.819. The summed E-state index contributed by atoms with van der Waals surface area (Å²) in [4.78, 5) is 16.5. The zero-order chi connectivity index (χ0) is 11.8. The lowest BCUT2D eigenvalue weighted by Gasteiger charge is -2.18. The van der Waals surface area contributed by atoms with Crippen LogP contribution in [-0.2, 0) is 0 Å². The van der Waals surface area contributed by atoms with Gasteiger partial charge < -0.3 is 10.2 Å². The lowest BCUT2D eigenvalue weighted by Crippen LogP contribution is -2.26. The molecule has 0 saturated carbocycles. The van der Waals surface area contributed by atoms with E-state index >= 15 is 0 Å². The Balaban J connectivity index is 1.88. The average Bonchev–Trinajstić information content (AvgIpc) is 2.88. The second-order valence-corrected chi connectivity index (χ2v) is 4.70. The summed E-state index contributed by atoms with van der Waals surface area (Å²) in [5, 5.41) is 14.3. The summed E-state index contributed by atoms with van der Waals surface area (Å²) in [6, 6.07) is 1.74. The van der Waals surface area contributed by atoms with Gasteiger partial charge in [0.05, 0.1) is 4.92 Å². The minimum absolute atomic E-state index is 0.112. The average molecular weight is 234 g/mol. The highest BCUT2D eigenvalue weighted by atomic mass is 16.6. The maximum atomic E-state index is 11.0. The third-order valence-electron chi connectivity index (χ3n) is 3.70. The minimum atomic E-state index is -0.352. The van der Waals surface area contributed by atoms with Crippen molar-refractivity contribution in [3.8, 4) is 0 Å². The number of anilines is 1. The van der Waals surface area contributed by atoms with Gasteiger partial charge in [0.15, 0.2) is 0 Å². The number of aromatic nitrogens is 1. The van der Waals surface area contributed by atoms with Crippen molar-refractivity contribution < 1.29 is 4.92 Å². The molecule has 2 aliphatic rings. The van der Waals surface area contributed by atoms with Crippen LogP contribution in [0.15, 0.2) is 18.5 Å². The fourth-order valence-corrected chi connectivity index (χ4v) is 2.84. The summed E-state index contributed by atoms with van der Waals surface area (Å²) in [6.45, 7) is 3.87. The highest BCUT2D eigenvalue weighted by Crippen LogP contribution is 2.34. The molecule has 1 N–H and O–H groups in total. The van der Waals surface area contributed by atoms with Gasteiger partial charge in [-0.1, -0.05) is 0 Å². The van der Waals surface area contributed by atoms with E-state index in [0.29, 0.717) is 17.5 Å². The molecule has 6 heteroatoms. The second-order valence-electron chi connectivity index (χ2n) is 4.70. The standard InChI is InChI=1S/C11H14N4O2/c16-15(17)11-5-12-2-1-10(11)14-6-8-3-13-4-9(8)7-14/h1-2,5,8-9,13H,3-4,6-7H2/t8-,9+. The molecule has 2 atom stereocenters. The molecule has 0 aliphatic carbocycles. The molecular formula is C11H14N4O2. The molecule has 0 aromatic carbocycles. The van der Waals surface area contributed by atoms with E-state index in [1.54, 1.807) is 12.3 Å². The van der Waals surface area contributed by atoms with E-state index in [9.17, 15) is 10.1 Å². The number of pyridine rings is 1. The number of hydrogen-bond acceptors (Lipinski definition) is 5. The first kappa shape index (κ1) is 10.5. The fourth-order valence-electron chi connectivity index (χ4n) is 2.84. The first-order valence-corrected chi connectivity index (χ1v) is 5.80. The largest absolute Gasteiger partial charge is 0.365 e. The van der Waals surface area contributed by atoms with Crippen LogP contribution in [0, 0.1) is 22.0 Å². The molecule has 1 aromatic heterocycles.